The number of hydrogen-bond acceptors (Lipinski definition) is 3. The van der Waals surface area contributed by atoms with E-state index in [0.717, 1.165) is 11.1 Å². The Morgan fingerprint density at radius 1 is 1.20 bits per heavy atom. The van der Waals surface area contributed by atoms with Crippen LogP contribution in [0.15, 0.2) is 17.0 Å². The van der Waals surface area contributed by atoms with Crippen LogP contribution in [0.3, 0.4) is 0 Å². The fourth-order valence-corrected chi connectivity index (χ4v) is 2.38. The van der Waals surface area contributed by atoms with Crippen molar-refractivity contribution in [1.82, 2.24) is 0 Å². The van der Waals surface area contributed by atoms with E-state index in [1.54, 1.807) is 13.0 Å². The molecule has 15 heavy (non-hydrogen) atoms. The number of rotatable bonds is 1. The summed E-state index contributed by atoms with van der Waals surface area (Å²) in [6.45, 7) is 5.48. The lowest BCUT2D eigenvalue weighted by Gasteiger charge is -2.10. The van der Waals surface area contributed by atoms with E-state index in [-0.39, 0.29) is 4.90 Å². The van der Waals surface area contributed by atoms with Crippen LogP contribution in [0.1, 0.15) is 16.7 Å². The van der Waals surface area contributed by atoms with E-state index < -0.39 is 15.0 Å². The Morgan fingerprint density at radius 2 is 1.73 bits per heavy atom. The molecule has 0 amide bonds. The van der Waals surface area contributed by atoms with Crippen LogP contribution in [-0.2, 0) is 9.84 Å². The van der Waals surface area contributed by atoms with E-state index in [9.17, 15) is 8.42 Å². The molecule has 0 radical (unpaired) electrons. The molecule has 0 aliphatic rings. The van der Waals surface area contributed by atoms with Gasteiger partial charge in [0.1, 0.15) is 0 Å². The van der Waals surface area contributed by atoms with Crippen LogP contribution in [0, 0.1) is 26.2 Å². The molecule has 82 valence electrons. The molecule has 0 fully saturated rings. The zero-order valence-corrected chi connectivity index (χ0v) is 9.77. The second-order valence-corrected chi connectivity index (χ2v) is 5.38. The van der Waals surface area contributed by atoms with Gasteiger partial charge in [-0.25, -0.2) is 8.42 Å². The molecule has 0 atom stereocenters. The van der Waals surface area contributed by atoms with Crippen molar-refractivity contribution >= 4 is 15.0 Å². The summed E-state index contributed by atoms with van der Waals surface area (Å²) < 4.78 is 23.3. The van der Waals surface area contributed by atoms with Crippen molar-refractivity contribution in [2.24, 2.45) is 5.73 Å². The molecule has 1 aromatic carbocycles. The van der Waals surface area contributed by atoms with Crippen LogP contribution in [0.4, 0.5) is 0 Å². The number of nitrogens with two attached hydrogens (primary N) is 1. The molecule has 0 aromatic heterocycles. The lowest BCUT2D eigenvalue weighted by Crippen LogP contribution is -2.23. The molecular formula is C10H14N2O2S. The monoisotopic (exact) mass is 226 g/mol. The maximum atomic E-state index is 11.7. The van der Waals surface area contributed by atoms with E-state index in [4.69, 9.17) is 11.1 Å². The molecule has 1 rings (SSSR count). The van der Waals surface area contributed by atoms with Gasteiger partial charge in [0.25, 0.3) is 0 Å². The normalized spacial score (nSPS) is 11.4. The number of nitrogens with one attached hydrogen (secondary N) is 1. The van der Waals surface area contributed by atoms with Crippen LogP contribution in [-0.4, -0.2) is 13.6 Å². The first-order valence-corrected chi connectivity index (χ1v) is 5.92. The Hall–Kier alpha value is -1.36. The number of amidine groups is 1. The third-order valence-electron chi connectivity index (χ3n) is 2.59. The first-order valence-electron chi connectivity index (χ1n) is 4.44. The average molecular weight is 226 g/mol. The van der Waals surface area contributed by atoms with Gasteiger partial charge in [-0.3, -0.25) is 5.41 Å². The third kappa shape index (κ3) is 1.87. The highest BCUT2D eigenvalue weighted by Gasteiger charge is 2.21. The summed E-state index contributed by atoms with van der Waals surface area (Å²) in [6, 6.07) is 3.21. The van der Waals surface area contributed by atoms with E-state index >= 15 is 0 Å². The van der Waals surface area contributed by atoms with Gasteiger partial charge in [0.15, 0.2) is 0 Å². The molecule has 0 heterocycles. The minimum atomic E-state index is -3.79. The molecule has 0 aliphatic heterocycles. The van der Waals surface area contributed by atoms with Crippen LogP contribution < -0.4 is 5.73 Å². The highest BCUT2D eigenvalue weighted by Crippen LogP contribution is 2.22. The molecule has 0 bridgehead atoms. The molecule has 0 spiro atoms. The van der Waals surface area contributed by atoms with Gasteiger partial charge < -0.3 is 5.73 Å². The van der Waals surface area contributed by atoms with Crippen molar-refractivity contribution in [3.63, 3.8) is 0 Å². The zero-order chi connectivity index (χ0) is 11.8. The Balaban J connectivity index is 3.55. The summed E-state index contributed by atoms with van der Waals surface area (Å²) in [6.07, 6.45) is 0. The van der Waals surface area contributed by atoms with Gasteiger partial charge in [-0.05, 0) is 43.5 Å². The summed E-state index contributed by atoms with van der Waals surface area (Å²) in [4.78, 5) is 0.123. The second kappa shape index (κ2) is 3.66. The largest absolute Gasteiger partial charge is 0.374 e. The van der Waals surface area contributed by atoms with Crippen molar-refractivity contribution in [3.8, 4) is 0 Å². The molecule has 0 unspecified atom stereocenters. The standard InChI is InChI=1S/C10H14N2O2S/c1-6-4-5-9(8(3)7(6)2)15(13,14)10(11)12/h4-5H,1-3H3,(H3,11,12). The Bertz CT molecular complexity index is 518. The first-order chi connectivity index (χ1) is 6.78. The summed E-state index contributed by atoms with van der Waals surface area (Å²) in [5, 5.41) is 6.23. The summed E-state index contributed by atoms with van der Waals surface area (Å²) >= 11 is 0. The van der Waals surface area contributed by atoms with Crippen molar-refractivity contribution < 1.29 is 8.42 Å². The van der Waals surface area contributed by atoms with Gasteiger partial charge in [0.05, 0.1) is 4.90 Å². The Labute approximate surface area is 89.5 Å². The van der Waals surface area contributed by atoms with Crippen molar-refractivity contribution in [3.05, 3.63) is 28.8 Å². The highest BCUT2D eigenvalue weighted by atomic mass is 32.2. The minimum absolute atomic E-state index is 0.123. The molecule has 0 aliphatic carbocycles. The number of aryl methyl sites for hydroxylation is 1. The third-order valence-corrected chi connectivity index (χ3v) is 4.19. The fourth-order valence-electron chi connectivity index (χ4n) is 1.34. The van der Waals surface area contributed by atoms with Crippen LogP contribution in [0.5, 0.6) is 0 Å². The van der Waals surface area contributed by atoms with Crippen molar-refractivity contribution in [2.45, 2.75) is 25.7 Å². The van der Waals surface area contributed by atoms with Gasteiger partial charge >= 0.3 is 0 Å². The Kier molecular flexibility index (Phi) is 2.86. The van der Waals surface area contributed by atoms with E-state index in [2.05, 4.69) is 0 Å². The number of sulfone groups is 1. The van der Waals surface area contributed by atoms with Crippen LogP contribution in [0.25, 0.3) is 0 Å². The molecule has 0 saturated carbocycles. The summed E-state index contributed by atoms with van der Waals surface area (Å²) in [5.74, 6) is 0. The maximum Gasteiger partial charge on any atom is 0.239 e. The molecule has 1 aromatic rings. The number of benzene rings is 1. The minimum Gasteiger partial charge on any atom is -0.374 e. The fraction of sp³-hybridized carbons (Fsp3) is 0.300. The SMILES string of the molecule is Cc1ccc(S(=O)(=O)C(=N)N)c(C)c1C. The highest BCUT2D eigenvalue weighted by molar-refractivity contribution is 8.06. The molecule has 3 N–H and O–H groups in total. The number of hydrogen-bond donors (Lipinski definition) is 2. The van der Waals surface area contributed by atoms with Crippen molar-refractivity contribution in [1.29, 1.82) is 5.41 Å². The quantitative estimate of drug-likeness (QED) is 0.559. The zero-order valence-electron chi connectivity index (χ0n) is 8.96. The van der Waals surface area contributed by atoms with E-state index in [0.29, 0.717) is 5.56 Å². The van der Waals surface area contributed by atoms with Gasteiger partial charge in [-0.15, -0.1) is 0 Å². The van der Waals surface area contributed by atoms with Crippen molar-refractivity contribution in [2.75, 3.05) is 0 Å². The van der Waals surface area contributed by atoms with E-state index in [1.807, 2.05) is 13.8 Å². The van der Waals surface area contributed by atoms with Crippen LogP contribution >= 0.6 is 0 Å². The summed E-state index contributed by atoms with van der Waals surface area (Å²) in [5.41, 5.74) is 7.65. The topological polar surface area (TPSA) is 84.0 Å². The Morgan fingerprint density at radius 3 is 2.20 bits per heavy atom. The smallest absolute Gasteiger partial charge is 0.239 e. The lowest BCUT2D eigenvalue weighted by molar-refractivity contribution is 0.606. The van der Waals surface area contributed by atoms with Crippen LogP contribution in [0.2, 0.25) is 0 Å². The first kappa shape index (κ1) is 11.7. The molecule has 5 heteroatoms. The van der Waals surface area contributed by atoms with Gasteiger partial charge in [-0.1, -0.05) is 6.07 Å². The molecular weight excluding hydrogens is 212 g/mol. The van der Waals surface area contributed by atoms with Gasteiger partial charge in [-0.2, -0.15) is 0 Å². The van der Waals surface area contributed by atoms with Gasteiger partial charge in [0.2, 0.25) is 15.0 Å². The lowest BCUT2D eigenvalue weighted by atomic mass is 10.1. The van der Waals surface area contributed by atoms with E-state index in [1.165, 1.54) is 6.07 Å². The molecule has 0 saturated heterocycles. The average Bonchev–Trinajstić information content (AvgIpc) is 2.13. The predicted molar refractivity (Wildman–Crippen MR) is 59.8 cm³/mol. The molecule has 4 nitrogen and oxygen atoms in total. The predicted octanol–water partition coefficient (Wildman–Crippen LogP) is 1.28. The summed E-state index contributed by atoms with van der Waals surface area (Å²) in [7, 11) is -3.79. The second-order valence-electron chi connectivity index (χ2n) is 3.50. The maximum absolute atomic E-state index is 11.7. The van der Waals surface area contributed by atoms with Gasteiger partial charge in [0, 0.05) is 0 Å².